The lowest BCUT2D eigenvalue weighted by atomic mass is 9.78. The molecule has 0 N–H and O–H groups in total. The average Bonchev–Trinajstić information content (AvgIpc) is 3.81. The van der Waals surface area contributed by atoms with Crippen LogP contribution in [0.15, 0.2) is 112 Å². The fourth-order valence-corrected chi connectivity index (χ4v) is 8.37. The van der Waals surface area contributed by atoms with Gasteiger partial charge in [-0.3, -0.25) is 4.79 Å². The van der Waals surface area contributed by atoms with Crippen LogP contribution in [0, 0.1) is 11.8 Å². The molecule has 3 atom stereocenters. The van der Waals surface area contributed by atoms with Crippen LogP contribution >= 0.6 is 0 Å². The van der Waals surface area contributed by atoms with Crippen LogP contribution in [0.4, 0.5) is 5.69 Å². The molecule has 49 heavy (non-hydrogen) atoms. The maximum Gasteiger partial charge on any atom is 0.305 e. The first-order chi connectivity index (χ1) is 23.9. The Labute approximate surface area is 289 Å². The molecule has 3 unspecified atom stereocenters. The molecule has 2 fully saturated rings. The van der Waals surface area contributed by atoms with Crippen LogP contribution in [0.2, 0.25) is 0 Å². The van der Waals surface area contributed by atoms with E-state index in [2.05, 4.69) is 43.0 Å². The summed E-state index contributed by atoms with van der Waals surface area (Å²) in [5.74, 6) is 2.28. The van der Waals surface area contributed by atoms with Gasteiger partial charge < -0.3 is 23.7 Å². The van der Waals surface area contributed by atoms with Crippen molar-refractivity contribution in [1.82, 2.24) is 4.90 Å². The molecule has 6 nitrogen and oxygen atoms in total. The van der Waals surface area contributed by atoms with Crippen LogP contribution in [-0.2, 0) is 5.79 Å². The Morgan fingerprint density at radius 1 is 0.796 bits per heavy atom. The van der Waals surface area contributed by atoms with Crippen molar-refractivity contribution >= 4 is 16.7 Å². The van der Waals surface area contributed by atoms with E-state index < -0.39 is 5.79 Å². The smallest absolute Gasteiger partial charge is 0.305 e. The summed E-state index contributed by atoms with van der Waals surface area (Å²) in [5.41, 5.74) is 4.36. The van der Waals surface area contributed by atoms with Gasteiger partial charge in [0.2, 0.25) is 5.75 Å². The predicted octanol–water partition coefficient (Wildman–Crippen LogP) is 9.25. The van der Waals surface area contributed by atoms with E-state index >= 15 is 0 Å². The van der Waals surface area contributed by atoms with Gasteiger partial charge in [-0.25, -0.2) is 0 Å². The number of nitrogens with zero attached hydrogens (tertiary/aromatic N) is 2. The van der Waals surface area contributed by atoms with Gasteiger partial charge in [-0.05, 0) is 107 Å². The van der Waals surface area contributed by atoms with Gasteiger partial charge in [0, 0.05) is 47.6 Å². The van der Waals surface area contributed by atoms with Crippen molar-refractivity contribution in [2.45, 2.75) is 63.2 Å². The van der Waals surface area contributed by atoms with Gasteiger partial charge in [0.05, 0.1) is 5.39 Å². The molecule has 2 saturated carbocycles. The molecule has 5 aromatic rings. The Balaban J connectivity index is 0.981. The topological polar surface area (TPSA) is 55.2 Å². The van der Waals surface area contributed by atoms with Crippen molar-refractivity contribution in [2.24, 2.45) is 11.8 Å². The van der Waals surface area contributed by atoms with Crippen molar-refractivity contribution < 1.29 is 13.9 Å². The van der Waals surface area contributed by atoms with E-state index in [9.17, 15) is 4.79 Å². The maximum absolute atomic E-state index is 13.4. The molecule has 0 radical (unpaired) electrons. The van der Waals surface area contributed by atoms with Crippen LogP contribution in [0.3, 0.4) is 0 Å². The highest BCUT2D eigenvalue weighted by Crippen LogP contribution is 2.55. The van der Waals surface area contributed by atoms with Crippen LogP contribution < -0.4 is 19.8 Å². The molecule has 0 saturated heterocycles. The van der Waals surface area contributed by atoms with Gasteiger partial charge in [0.25, 0.3) is 0 Å². The van der Waals surface area contributed by atoms with E-state index in [1.165, 1.54) is 38.5 Å². The minimum atomic E-state index is -1.21. The number of fused-ring (bicyclic) bond motifs is 4. The second kappa shape index (κ2) is 12.7. The molecule has 3 aliphatic rings. The molecule has 8 rings (SSSR count). The summed E-state index contributed by atoms with van der Waals surface area (Å²) in [6.45, 7) is 4.54. The summed E-state index contributed by atoms with van der Waals surface area (Å²) in [5, 5.41) is 0.454. The zero-order chi connectivity index (χ0) is 33.6. The number of hydrogen-bond donors (Lipinski definition) is 0. The standard InChI is InChI=1S/C43H46N2O4/c1-4-42(24-23-31-27-32(31)29-42)45(3)26-12-11-25-44(2)35-19-17-30(18-20-35)39-28-37(46)36-21-22-38-41(40(36)47-39)49-43(48-38,33-13-7-5-8-14-33)34-15-9-6-10-16-34/h5-10,13-22,28,31-32H,4,11-12,23-27,29H2,1-3H3. The van der Waals surface area contributed by atoms with Gasteiger partial charge in [-0.1, -0.05) is 67.6 Å². The lowest BCUT2D eigenvalue weighted by molar-refractivity contribution is -0.0456. The van der Waals surface area contributed by atoms with Gasteiger partial charge in [0.1, 0.15) is 5.76 Å². The zero-order valence-electron chi connectivity index (χ0n) is 28.9. The highest BCUT2D eigenvalue weighted by atomic mass is 16.7. The largest absolute Gasteiger partial charge is 0.452 e. The zero-order valence-corrected chi connectivity index (χ0v) is 28.9. The third-order valence-electron chi connectivity index (χ3n) is 11.6. The van der Waals surface area contributed by atoms with Gasteiger partial charge in [0.15, 0.2) is 16.8 Å². The van der Waals surface area contributed by atoms with Gasteiger partial charge in [-0.2, -0.15) is 0 Å². The SMILES string of the molecule is CCC1(N(C)CCCCN(C)c2ccc(-c3cc(=O)c4ccc5c(c4o3)OC(c3ccccc3)(c3ccccc3)O5)cc2)CCC2CC2C1. The number of anilines is 1. The Kier molecular flexibility index (Phi) is 8.23. The minimum absolute atomic E-state index is 0.124. The molecule has 6 heteroatoms. The van der Waals surface area contributed by atoms with Crippen LogP contribution in [0.1, 0.15) is 63.0 Å². The number of hydrogen-bond acceptors (Lipinski definition) is 6. The maximum atomic E-state index is 13.4. The van der Waals surface area contributed by atoms with Crippen molar-refractivity contribution in [1.29, 1.82) is 0 Å². The Morgan fingerprint density at radius 3 is 2.16 bits per heavy atom. The normalized spacial score (nSPS) is 21.9. The molecule has 2 heterocycles. The van der Waals surface area contributed by atoms with E-state index in [0.717, 1.165) is 53.7 Å². The summed E-state index contributed by atoms with van der Waals surface area (Å²) in [6.07, 6.45) is 9.29. The third-order valence-corrected chi connectivity index (χ3v) is 11.6. The fraction of sp³-hybridized carbons (Fsp3) is 0.372. The average molecular weight is 655 g/mol. The Bertz CT molecular complexity index is 1950. The van der Waals surface area contributed by atoms with Crippen LogP contribution in [-0.4, -0.2) is 37.6 Å². The first kappa shape index (κ1) is 31.7. The van der Waals surface area contributed by atoms with Crippen molar-refractivity contribution in [3.05, 3.63) is 124 Å². The molecule has 1 aliphatic heterocycles. The molecule has 4 aromatic carbocycles. The second-order valence-corrected chi connectivity index (χ2v) is 14.5. The van der Waals surface area contributed by atoms with Crippen LogP contribution in [0.25, 0.3) is 22.3 Å². The van der Waals surface area contributed by atoms with Crippen LogP contribution in [0.5, 0.6) is 11.5 Å². The lowest BCUT2D eigenvalue weighted by Gasteiger charge is -2.44. The quantitative estimate of drug-likeness (QED) is 0.132. The minimum Gasteiger partial charge on any atom is -0.452 e. The summed E-state index contributed by atoms with van der Waals surface area (Å²) in [6, 6.07) is 33.1. The predicted molar refractivity (Wildman–Crippen MR) is 196 cm³/mol. The highest BCUT2D eigenvalue weighted by molar-refractivity contribution is 5.87. The van der Waals surface area contributed by atoms with E-state index in [-0.39, 0.29) is 5.43 Å². The first-order valence-corrected chi connectivity index (χ1v) is 18.0. The number of ether oxygens (including phenoxy) is 2. The molecular weight excluding hydrogens is 608 g/mol. The summed E-state index contributed by atoms with van der Waals surface area (Å²) in [4.78, 5) is 18.4. The first-order valence-electron chi connectivity index (χ1n) is 18.0. The molecule has 1 aromatic heterocycles. The monoisotopic (exact) mass is 654 g/mol. The Hall–Kier alpha value is -4.55. The summed E-state index contributed by atoms with van der Waals surface area (Å²) in [7, 11) is 4.51. The molecule has 2 aliphatic carbocycles. The number of benzene rings is 4. The fourth-order valence-electron chi connectivity index (χ4n) is 8.37. The molecular formula is C43H46N2O4. The van der Waals surface area contributed by atoms with E-state index in [1.54, 1.807) is 18.2 Å². The van der Waals surface area contributed by atoms with E-state index in [4.69, 9.17) is 13.9 Å². The molecule has 0 bridgehead atoms. The lowest BCUT2D eigenvalue weighted by Crippen LogP contribution is -2.48. The van der Waals surface area contributed by atoms with Crippen molar-refractivity contribution in [2.75, 3.05) is 32.1 Å². The third kappa shape index (κ3) is 5.80. The summed E-state index contributed by atoms with van der Waals surface area (Å²) < 4.78 is 19.8. The van der Waals surface area contributed by atoms with Crippen molar-refractivity contribution in [3.8, 4) is 22.8 Å². The highest BCUT2D eigenvalue weighted by Gasteiger charge is 2.49. The van der Waals surface area contributed by atoms with E-state index in [1.807, 2.05) is 72.8 Å². The number of unbranched alkanes of at least 4 members (excludes halogenated alkanes) is 1. The van der Waals surface area contributed by atoms with Gasteiger partial charge in [-0.15, -0.1) is 0 Å². The Morgan fingerprint density at radius 2 is 1.49 bits per heavy atom. The van der Waals surface area contributed by atoms with Gasteiger partial charge >= 0.3 is 5.79 Å². The molecule has 0 amide bonds. The number of rotatable bonds is 11. The second-order valence-electron chi connectivity index (χ2n) is 14.5. The molecule has 0 spiro atoms. The van der Waals surface area contributed by atoms with Crippen molar-refractivity contribution in [3.63, 3.8) is 0 Å². The molecule has 252 valence electrons. The summed E-state index contributed by atoms with van der Waals surface area (Å²) >= 11 is 0. The van der Waals surface area contributed by atoms with E-state index in [0.29, 0.717) is 33.8 Å².